The number of hydrogen-bond acceptors (Lipinski definition) is 5. The highest BCUT2D eigenvalue weighted by Crippen LogP contribution is 2.31. The van der Waals surface area contributed by atoms with Crippen molar-refractivity contribution in [3.63, 3.8) is 0 Å². The van der Waals surface area contributed by atoms with Crippen LogP contribution in [0.25, 0.3) is 0 Å². The van der Waals surface area contributed by atoms with Gasteiger partial charge in [-0.15, -0.1) is 11.8 Å². The summed E-state index contributed by atoms with van der Waals surface area (Å²) in [4.78, 5) is 54.3. The Labute approximate surface area is 257 Å². The van der Waals surface area contributed by atoms with E-state index < -0.39 is 12.0 Å². The number of hydrogen-bond donors (Lipinski definition) is 3. The zero-order valence-corrected chi connectivity index (χ0v) is 26.2. The van der Waals surface area contributed by atoms with E-state index in [1.807, 2.05) is 50.2 Å². The van der Waals surface area contributed by atoms with Crippen molar-refractivity contribution < 1.29 is 24.3 Å². The smallest absolute Gasteiger partial charge is 0.319 e. The van der Waals surface area contributed by atoms with Crippen molar-refractivity contribution in [2.75, 3.05) is 41.0 Å². The van der Waals surface area contributed by atoms with Gasteiger partial charge in [0.1, 0.15) is 0 Å². The van der Waals surface area contributed by atoms with Crippen molar-refractivity contribution in [1.82, 2.24) is 5.32 Å². The number of anilines is 3. The highest BCUT2D eigenvalue weighted by Gasteiger charge is 2.21. The Morgan fingerprint density at radius 2 is 1.60 bits per heavy atom. The summed E-state index contributed by atoms with van der Waals surface area (Å²) in [5.74, 6) is -0.783. The van der Waals surface area contributed by atoms with E-state index in [1.54, 1.807) is 41.1 Å². The van der Waals surface area contributed by atoms with Crippen molar-refractivity contribution in [3.05, 3.63) is 83.4 Å². The minimum Gasteiger partial charge on any atom is -0.481 e. The third-order valence-electron chi connectivity index (χ3n) is 6.65. The zero-order chi connectivity index (χ0) is 31.5. The first kappa shape index (κ1) is 33.2. The van der Waals surface area contributed by atoms with Gasteiger partial charge in [0.25, 0.3) is 0 Å². The summed E-state index contributed by atoms with van der Waals surface area (Å²) in [6.07, 6.45) is 0.590. The summed E-state index contributed by atoms with van der Waals surface area (Å²) in [6, 6.07) is 19.5. The molecule has 3 rings (SSSR count). The standard InChI is InChI=1S/C33H40N4O5S/c1-22(2)13-14-37(30(38)20-34-33(42)35-26-10-8-9-25(18-26)19-32(40)41)28-11-6-7-12-29(28)43-21-31(39)36(5)27-16-23(3)15-24(4)17-27/h6-12,15-18,22H,13-14,19-21H2,1-5H3,(H,40,41)(H2,34,35,42). The largest absolute Gasteiger partial charge is 0.481 e. The first-order valence-corrected chi connectivity index (χ1v) is 15.1. The molecule has 0 spiro atoms. The lowest BCUT2D eigenvalue weighted by Crippen LogP contribution is -2.42. The fraction of sp³-hybridized carbons (Fsp3) is 0.333. The molecule has 0 bridgehead atoms. The van der Waals surface area contributed by atoms with Gasteiger partial charge in [0.05, 0.1) is 24.4 Å². The minimum atomic E-state index is -0.968. The second kappa shape index (κ2) is 15.8. The molecule has 0 saturated heterocycles. The van der Waals surface area contributed by atoms with E-state index in [0.29, 0.717) is 29.4 Å². The SMILES string of the molecule is Cc1cc(C)cc(N(C)C(=O)CSc2ccccc2N(CCC(C)C)C(=O)CNC(=O)Nc2cccc(CC(=O)O)c2)c1. The number of benzene rings is 3. The molecule has 3 N–H and O–H groups in total. The van der Waals surface area contributed by atoms with Crippen LogP contribution < -0.4 is 20.4 Å². The van der Waals surface area contributed by atoms with Gasteiger partial charge < -0.3 is 25.5 Å². The minimum absolute atomic E-state index is 0.0596. The molecule has 0 aliphatic heterocycles. The van der Waals surface area contributed by atoms with Crippen molar-refractivity contribution in [1.29, 1.82) is 0 Å². The molecule has 0 fully saturated rings. The molecule has 10 heteroatoms. The number of carbonyl (C=O) groups excluding carboxylic acids is 3. The number of amides is 4. The average molecular weight is 605 g/mol. The lowest BCUT2D eigenvalue weighted by molar-refractivity contribution is -0.136. The number of carbonyl (C=O) groups is 4. The van der Waals surface area contributed by atoms with Crippen molar-refractivity contribution in [3.8, 4) is 0 Å². The van der Waals surface area contributed by atoms with Crippen LogP contribution >= 0.6 is 11.8 Å². The molecule has 4 amide bonds. The lowest BCUT2D eigenvalue weighted by atomic mass is 10.1. The number of para-hydroxylation sites is 1. The third kappa shape index (κ3) is 10.5. The Morgan fingerprint density at radius 3 is 2.28 bits per heavy atom. The Hall–Kier alpha value is -4.31. The maximum absolute atomic E-state index is 13.5. The number of thioether (sulfide) groups is 1. The van der Waals surface area contributed by atoms with Crippen LogP contribution in [0.4, 0.5) is 21.9 Å². The molecule has 3 aromatic rings. The summed E-state index contributed by atoms with van der Waals surface area (Å²) in [7, 11) is 1.76. The van der Waals surface area contributed by atoms with Gasteiger partial charge in [0, 0.05) is 29.9 Å². The van der Waals surface area contributed by atoms with Gasteiger partial charge in [-0.2, -0.15) is 0 Å². The molecular weight excluding hydrogens is 564 g/mol. The van der Waals surface area contributed by atoms with Crippen LogP contribution in [-0.2, 0) is 20.8 Å². The summed E-state index contributed by atoms with van der Waals surface area (Å²) in [5.41, 5.74) is 4.67. The summed E-state index contributed by atoms with van der Waals surface area (Å²) >= 11 is 1.37. The third-order valence-corrected chi connectivity index (χ3v) is 7.69. The Balaban J connectivity index is 1.69. The van der Waals surface area contributed by atoms with Crippen molar-refractivity contribution in [2.24, 2.45) is 5.92 Å². The van der Waals surface area contributed by atoms with Gasteiger partial charge in [-0.3, -0.25) is 14.4 Å². The molecule has 9 nitrogen and oxygen atoms in total. The number of aryl methyl sites for hydroxylation is 2. The fourth-order valence-electron chi connectivity index (χ4n) is 4.45. The maximum atomic E-state index is 13.5. The van der Waals surface area contributed by atoms with E-state index >= 15 is 0 Å². The number of carboxylic acid groups (broad SMARTS) is 1. The molecule has 0 aliphatic rings. The first-order valence-electron chi connectivity index (χ1n) is 14.2. The van der Waals surface area contributed by atoms with Gasteiger partial charge in [-0.05, 0) is 79.3 Å². The number of nitrogens with one attached hydrogen (secondary N) is 2. The van der Waals surface area contributed by atoms with Crippen LogP contribution in [-0.4, -0.2) is 54.8 Å². The molecule has 0 aromatic heterocycles. The summed E-state index contributed by atoms with van der Waals surface area (Å²) < 4.78 is 0. The Kier molecular flexibility index (Phi) is 12.2. The zero-order valence-electron chi connectivity index (χ0n) is 25.3. The molecule has 3 aromatic carbocycles. The van der Waals surface area contributed by atoms with Gasteiger partial charge in [0.2, 0.25) is 11.8 Å². The van der Waals surface area contributed by atoms with Crippen molar-refractivity contribution >= 4 is 52.6 Å². The van der Waals surface area contributed by atoms with Crippen LogP contribution in [0.2, 0.25) is 0 Å². The topological polar surface area (TPSA) is 119 Å². The van der Waals surface area contributed by atoms with Gasteiger partial charge in [-0.25, -0.2) is 4.79 Å². The Morgan fingerprint density at radius 1 is 0.907 bits per heavy atom. The number of nitrogens with zero attached hydrogens (tertiary/aromatic N) is 2. The molecule has 228 valence electrons. The number of carboxylic acids is 1. The number of rotatable bonds is 13. The van der Waals surface area contributed by atoms with E-state index in [2.05, 4.69) is 30.5 Å². The molecule has 0 heterocycles. The highest BCUT2D eigenvalue weighted by atomic mass is 32.2. The van der Waals surface area contributed by atoms with E-state index in [4.69, 9.17) is 5.11 Å². The first-order chi connectivity index (χ1) is 20.4. The van der Waals surface area contributed by atoms with E-state index in [-0.39, 0.29) is 30.5 Å². The summed E-state index contributed by atoms with van der Waals surface area (Å²) in [6.45, 7) is 8.36. The highest BCUT2D eigenvalue weighted by molar-refractivity contribution is 8.00. The molecule has 0 atom stereocenters. The van der Waals surface area contributed by atoms with Gasteiger partial charge in [0.15, 0.2) is 0 Å². The van der Waals surface area contributed by atoms with E-state index in [9.17, 15) is 19.2 Å². The van der Waals surface area contributed by atoms with Crippen molar-refractivity contribution in [2.45, 2.75) is 45.4 Å². The number of urea groups is 1. The van der Waals surface area contributed by atoms with Crippen LogP contribution in [0.3, 0.4) is 0 Å². The van der Waals surface area contributed by atoms with Gasteiger partial charge in [-0.1, -0.05) is 44.2 Å². The molecular formula is C33H40N4O5S. The predicted molar refractivity (Wildman–Crippen MR) is 173 cm³/mol. The molecule has 0 aliphatic carbocycles. The van der Waals surface area contributed by atoms with E-state index in [1.165, 1.54) is 11.8 Å². The average Bonchev–Trinajstić information content (AvgIpc) is 2.94. The maximum Gasteiger partial charge on any atom is 0.319 e. The molecule has 0 unspecified atom stereocenters. The monoisotopic (exact) mass is 604 g/mol. The number of aliphatic carboxylic acids is 1. The lowest BCUT2D eigenvalue weighted by Gasteiger charge is -2.26. The van der Waals surface area contributed by atoms with Crippen LogP contribution in [0.15, 0.2) is 71.6 Å². The molecule has 43 heavy (non-hydrogen) atoms. The Bertz CT molecular complexity index is 1440. The van der Waals surface area contributed by atoms with Crippen LogP contribution in [0, 0.1) is 19.8 Å². The second-order valence-electron chi connectivity index (χ2n) is 10.9. The summed E-state index contributed by atoms with van der Waals surface area (Å²) in [5, 5.41) is 14.3. The predicted octanol–water partition coefficient (Wildman–Crippen LogP) is 5.89. The fourth-order valence-corrected chi connectivity index (χ4v) is 5.43. The van der Waals surface area contributed by atoms with Gasteiger partial charge >= 0.3 is 12.0 Å². The quantitative estimate of drug-likeness (QED) is 0.210. The molecule has 0 saturated carbocycles. The van der Waals surface area contributed by atoms with E-state index in [0.717, 1.165) is 28.1 Å². The van der Waals surface area contributed by atoms with Crippen LogP contribution in [0.1, 0.15) is 37.0 Å². The normalized spacial score (nSPS) is 10.7. The molecule has 0 radical (unpaired) electrons. The van der Waals surface area contributed by atoms with Crippen LogP contribution in [0.5, 0.6) is 0 Å². The second-order valence-corrected chi connectivity index (χ2v) is 11.9.